The summed E-state index contributed by atoms with van der Waals surface area (Å²) in [4.78, 5) is 29.2. The van der Waals surface area contributed by atoms with Crippen LogP contribution in [0.5, 0.6) is 0 Å². The fraction of sp³-hybridized carbons (Fsp3) is 0.231. The van der Waals surface area contributed by atoms with Gasteiger partial charge in [0.15, 0.2) is 0 Å². The van der Waals surface area contributed by atoms with Crippen molar-refractivity contribution in [2.24, 2.45) is 0 Å². The van der Waals surface area contributed by atoms with E-state index in [2.05, 4.69) is 24.3 Å². The molecule has 1 aliphatic rings. The molecule has 0 N–H and O–H groups in total. The van der Waals surface area contributed by atoms with Gasteiger partial charge in [-0.05, 0) is 35.2 Å². The molecule has 0 saturated carbocycles. The highest BCUT2D eigenvalue weighted by atomic mass is 16.5. The van der Waals surface area contributed by atoms with Gasteiger partial charge in [0.2, 0.25) is 11.8 Å². The number of hydrogen-bond donors (Lipinski definition) is 0. The molecule has 1 saturated heterocycles. The number of ether oxygens (including phenoxy) is 1. The van der Waals surface area contributed by atoms with E-state index >= 15 is 0 Å². The average Bonchev–Trinajstić information content (AvgIpc) is 2.81. The molecule has 5 nitrogen and oxygen atoms in total. The molecule has 0 spiro atoms. The van der Waals surface area contributed by atoms with Crippen LogP contribution in [0.3, 0.4) is 0 Å². The van der Waals surface area contributed by atoms with Crippen LogP contribution in [0.15, 0.2) is 84.9 Å². The van der Waals surface area contributed by atoms with Gasteiger partial charge >= 0.3 is 0 Å². The Hall–Kier alpha value is -3.44. The minimum absolute atomic E-state index is 0.0257. The molecule has 0 aliphatic carbocycles. The van der Waals surface area contributed by atoms with E-state index in [1.54, 1.807) is 9.80 Å². The van der Waals surface area contributed by atoms with E-state index in [9.17, 15) is 9.59 Å². The van der Waals surface area contributed by atoms with Crippen molar-refractivity contribution in [2.45, 2.75) is 12.5 Å². The highest BCUT2D eigenvalue weighted by Crippen LogP contribution is 2.27. The largest absolute Gasteiger partial charge is 0.375 e. The molecule has 0 aromatic heterocycles. The molecular weight excluding hydrogens is 388 g/mol. The van der Waals surface area contributed by atoms with E-state index in [1.807, 2.05) is 60.7 Å². The molecule has 5 heteroatoms. The van der Waals surface area contributed by atoms with E-state index in [0.29, 0.717) is 13.0 Å². The number of rotatable bonds is 6. The van der Waals surface area contributed by atoms with E-state index in [0.717, 1.165) is 22.4 Å². The molecule has 2 amide bonds. The quantitative estimate of drug-likeness (QED) is 0.617. The van der Waals surface area contributed by atoms with Crippen molar-refractivity contribution in [1.82, 2.24) is 4.90 Å². The van der Waals surface area contributed by atoms with Crippen LogP contribution in [0.25, 0.3) is 11.1 Å². The first-order chi connectivity index (χ1) is 15.2. The lowest BCUT2D eigenvalue weighted by Crippen LogP contribution is -2.59. The van der Waals surface area contributed by atoms with Crippen LogP contribution in [-0.4, -0.2) is 49.6 Å². The highest BCUT2D eigenvalue weighted by Gasteiger charge is 2.35. The Kier molecular flexibility index (Phi) is 6.43. The summed E-state index contributed by atoms with van der Waals surface area (Å²) in [6.07, 6.45) is 0.679. The summed E-state index contributed by atoms with van der Waals surface area (Å²) in [5, 5.41) is 0. The molecule has 0 radical (unpaired) electrons. The third kappa shape index (κ3) is 4.84. The van der Waals surface area contributed by atoms with Crippen molar-refractivity contribution in [1.29, 1.82) is 0 Å². The summed E-state index contributed by atoms with van der Waals surface area (Å²) >= 11 is 0. The van der Waals surface area contributed by atoms with Gasteiger partial charge in [0.25, 0.3) is 0 Å². The Morgan fingerprint density at radius 1 is 0.935 bits per heavy atom. The van der Waals surface area contributed by atoms with Crippen molar-refractivity contribution in [2.75, 3.05) is 31.7 Å². The molecule has 0 unspecified atom stereocenters. The lowest BCUT2D eigenvalue weighted by atomic mass is 10.00. The summed E-state index contributed by atoms with van der Waals surface area (Å²) in [7, 11) is 1.50. The minimum Gasteiger partial charge on any atom is -0.375 e. The normalized spacial score (nSPS) is 16.4. The van der Waals surface area contributed by atoms with Crippen molar-refractivity contribution in [3.05, 3.63) is 90.5 Å². The number of benzene rings is 3. The average molecular weight is 415 g/mol. The molecule has 158 valence electrons. The predicted octanol–water partition coefficient (Wildman–Crippen LogP) is 3.79. The van der Waals surface area contributed by atoms with Gasteiger partial charge in [0.1, 0.15) is 13.2 Å². The Bertz CT molecular complexity index is 1040. The number of nitrogens with zero attached hydrogens (tertiary/aromatic N) is 2. The maximum atomic E-state index is 13.1. The molecule has 3 aromatic rings. The first-order valence-electron chi connectivity index (χ1n) is 10.4. The smallest absolute Gasteiger partial charge is 0.249 e. The summed E-state index contributed by atoms with van der Waals surface area (Å²) < 4.78 is 5.05. The van der Waals surface area contributed by atoms with Crippen LogP contribution in [-0.2, 0) is 20.7 Å². The SMILES string of the molecule is COCC(=O)N1CC(=O)N(c2cccc(-c3ccccc3)c2)C[C@H]1Cc1ccccc1. The zero-order chi connectivity index (χ0) is 21.6. The van der Waals surface area contributed by atoms with E-state index in [-0.39, 0.29) is 31.0 Å². The summed E-state index contributed by atoms with van der Waals surface area (Å²) in [6, 6.07) is 28.1. The zero-order valence-electron chi connectivity index (χ0n) is 17.6. The molecule has 0 bridgehead atoms. The number of hydrogen-bond acceptors (Lipinski definition) is 3. The standard InChI is InChI=1S/C26H26N2O3/c1-31-19-26(30)28-18-25(29)27(17-24(28)15-20-9-4-2-5-10-20)23-14-8-13-22(16-23)21-11-6-3-7-12-21/h2-14,16,24H,15,17-19H2,1H3/t24-/m1/s1. The van der Waals surface area contributed by atoms with E-state index < -0.39 is 0 Å². The second kappa shape index (κ2) is 9.58. The van der Waals surface area contributed by atoms with Crippen molar-refractivity contribution in [3.63, 3.8) is 0 Å². The number of amides is 2. The Morgan fingerprint density at radius 3 is 2.32 bits per heavy atom. The van der Waals surface area contributed by atoms with E-state index in [1.165, 1.54) is 7.11 Å². The molecule has 1 heterocycles. The van der Waals surface area contributed by atoms with Gasteiger partial charge < -0.3 is 14.5 Å². The molecular formula is C26H26N2O3. The fourth-order valence-electron chi connectivity index (χ4n) is 4.06. The van der Waals surface area contributed by atoms with Crippen LogP contribution in [0.4, 0.5) is 5.69 Å². The van der Waals surface area contributed by atoms with Gasteiger partial charge in [0, 0.05) is 19.3 Å². The van der Waals surface area contributed by atoms with E-state index in [4.69, 9.17) is 4.74 Å². The molecule has 4 rings (SSSR count). The minimum atomic E-state index is -0.158. The van der Waals surface area contributed by atoms with Gasteiger partial charge in [-0.3, -0.25) is 9.59 Å². The second-order valence-electron chi connectivity index (χ2n) is 7.72. The lowest BCUT2D eigenvalue weighted by molar-refractivity contribution is -0.142. The summed E-state index contributed by atoms with van der Waals surface area (Å²) in [6.45, 7) is 0.471. The fourth-order valence-corrected chi connectivity index (χ4v) is 4.06. The molecule has 31 heavy (non-hydrogen) atoms. The van der Waals surface area contributed by atoms with Gasteiger partial charge in [0.05, 0.1) is 6.04 Å². The Balaban J connectivity index is 1.62. The van der Waals surface area contributed by atoms with Crippen LogP contribution >= 0.6 is 0 Å². The third-order valence-corrected chi connectivity index (χ3v) is 5.61. The first-order valence-corrected chi connectivity index (χ1v) is 10.4. The number of carbonyl (C=O) groups excluding carboxylic acids is 2. The van der Waals surface area contributed by atoms with Crippen LogP contribution in [0.2, 0.25) is 0 Å². The molecule has 1 atom stereocenters. The van der Waals surface area contributed by atoms with Crippen molar-refractivity contribution < 1.29 is 14.3 Å². The maximum absolute atomic E-state index is 13.1. The predicted molar refractivity (Wildman–Crippen MR) is 122 cm³/mol. The highest BCUT2D eigenvalue weighted by molar-refractivity contribution is 5.98. The number of carbonyl (C=O) groups is 2. The molecule has 1 aliphatic heterocycles. The van der Waals surface area contributed by atoms with Crippen LogP contribution in [0.1, 0.15) is 5.56 Å². The van der Waals surface area contributed by atoms with Gasteiger partial charge in [-0.25, -0.2) is 0 Å². The number of methoxy groups -OCH3 is 1. The van der Waals surface area contributed by atoms with Crippen LogP contribution in [0, 0.1) is 0 Å². The number of piperazine rings is 1. The summed E-state index contributed by atoms with van der Waals surface area (Å²) in [5.41, 5.74) is 4.15. The van der Waals surface area contributed by atoms with Crippen LogP contribution < -0.4 is 4.90 Å². The maximum Gasteiger partial charge on any atom is 0.249 e. The Labute approximate surface area is 182 Å². The topological polar surface area (TPSA) is 49.9 Å². The first kappa shape index (κ1) is 20.8. The number of anilines is 1. The van der Waals surface area contributed by atoms with Gasteiger partial charge in [-0.15, -0.1) is 0 Å². The lowest BCUT2D eigenvalue weighted by Gasteiger charge is -2.41. The zero-order valence-corrected chi connectivity index (χ0v) is 17.6. The van der Waals surface area contributed by atoms with Crippen molar-refractivity contribution >= 4 is 17.5 Å². The van der Waals surface area contributed by atoms with Crippen molar-refractivity contribution in [3.8, 4) is 11.1 Å². The second-order valence-corrected chi connectivity index (χ2v) is 7.72. The monoisotopic (exact) mass is 414 g/mol. The molecule has 3 aromatic carbocycles. The summed E-state index contributed by atoms with van der Waals surface area (Å²) in [5.74, 6) is -0.242. The Morgan fingerprint density at radius 2 is 1.61 bits per heavy atom. The third-order valence-electron chi connectivity index (χ3n) is 5.61. The van der Waals surface area contributed by atoms with Gasteiger partial charge in [-0.2, -0.15) is 0 Å². The molecule has 1 fully saturated rings. The van der Waals surface area contributed by atoms with Gasteiger partial charge in [-0.1, -0.05) is 72.8 Å².